The lowest BCUT2D eigenvalue weighted by Crippen LogP contribution is -2.68. The van der Waals surface area contributed by atoms with Gasteiger partial charge in [-0.3, -0.25) is 0 Å². The zero-order chi connectivity index (χ0) is 17.8. The van der Waals surface area contributed by atoms with Crippen LogP contribution in [0.25, 0.3) is 0 Å². The summed E-state index contributed by atoms with van der Waals surface area (Å²) in [7, 11) is 1.16. The number of ether oxygens (including phenoxy) is 2. The van der Waals surface area contributed by atoms with E-state index in [0.717, 1.165) is 7.11 Å². The van der Waals surface area contributed by atoms with E-state index >= 15 is 0 Å². The maximum atomic E-state index is 12.6. The van der Waals surface area contributed by atoms with Gasteiger partial charge in [-0.1, -0.05) is 0 Å². The van der Waals surface area contributed by atoms with E-state index in [1.165, 1.54) is 0 Å². The molecule has 8 heteroatoms. The number of hydrogen-bond acceptors (Lipinski definition) is 6. The number of amides is 2. The highest BCUT2D eigenvalue weighted by molar-refractivity contribution is 5.83. The molecule has 1 saturated heterocycles. The third kappa shape index (κ3) is 4.20. The maximum absolute atomic E-state index is 12.6. The molecule has 2 N–H and O–H groups in total. The number of carboxylic acid groups (broad SMARTS) is 1. The van der Waals surface area contributed by atoms with Crippen molar-refractivity contribution >= 4 is 18.2 Å². The first-order chi connectivity index (χ1) is 10.6. The number of imide groups is 1. The normalized spacial score (nSPS) is 28.0. The molecule has 8 nitrogen and oxygen atoms in total. The van der Waals surface area contributed by atoms with E-state index in [1.807, 2.05) is 0 Å². The molecule has 1 fully saturated rings. The molecule has 0 bridgehead atoms. The molecule has 3 atom stereocenters. The van der Waals surface area contributed by atoms with Crippen LogP contribution < -0.4 is 0 Å². The van der Waals surface area contributed by atoms with E-state index in [9.17, 15) is 19.5 Å². The van der Waals surface area contributed by atoms with Crippen molar-refractivity contribution in [2.24, 2.45) is 5.92 Å². The Morgan fingerprint density at radius 2 is 1.87 bits per heavy atom. The number of esters is 1. The smallest absolute Gasteiger partial charge is 0.465 e. The lowest BCUT2D eigenvalue weighted by Gasteiger charge is -2.41. The number of carbonyl (C=O) groups excluding carboxylic acids is 2. The molecule has 1 aliphatic rings. The molecule has 23 heavy (non-hydrogen) atoms. The second kappa shape index (κ2) is 7.27. The molecular weight excluding hydrogens is 306 g/mol. The molecule has 1 heterocycles. The Morgan fingerprint density at radius 1 is 1.26 bits per heavy atom. The van der Waals surface area contributed by atoms with Crippen molar-refractivity contribution < 1.29 is 38.6 Å². The van der Waals surface area contributed by atoms with Gasteiger partial charge in [-0.2, -0.15) is 9.59 Å². The van der Waals surface area contributed by atoms with Gasteiger partial charge in [0.1, 0.15) is 12.1 Å². The van der Waals surface area contributed by atoms with E-state index in [-0.39, 0.29) is 25.5 Å². The summed E-state index contributed by atoms with van der Waals surface area (Å²) < 4.78 is 8.85. The Hall–Kier alpha value is -1.67. The number of methoxy groups -OCH3 is 1. The largest absolute Gasteiger partial charge is 0.527 e. The molecule has 0 spiro atoms. The number of aliphatic hydroxyl groups excluding tert-OH is 1. The van der Waals surface area contributed by atoms with Gasteiger partial charge in [0.15, 0.2) is 0 Å². The minimum atomic E-state index is -1.43. The standard InChI is InChI=1S/C15H25NO7/c1-15(2,3)23-14(21)16(13(19)20)7-5-10(6-8-17)9-11(16)12(18)22-4/h10-11,17H,5-9H2,1-4H3/p+1/t10?,11-,16-/m1/s1. The van der Waals surface area contributed by atoms with Gasteiger partial charge in [0.25, 0.3) is 0 Å². The summed E-state index contributed by atoms with van der Waals surface area (Å²) in [6.45, 7) is 4.77. The Balaban J connectivity index is 3.22. The molecule has 1 rings (SSSR count). The van der Waals surface area contributed by atoms with Crippen LogP contribution in [-0.2, 0) is 14.3 Å². The Morgan fingerprint density at radius 3 is 2.30 bits per heavy atom. The molecular formula is C15H26NO7+. The van der Waals surface area contributed by atoms with Crippen molar-refractivity contribution in [1.82, 2.24) is 0 Å². The highest BCUT2D eigenvalue weighted by Gasteiger charge is 2.60. The van der Waals surface area contributed by atoms with Crippen LogP contribution in [0.3, 0.4) is 0 Å². The van der Waals surface area contributed by atoms with Crippen molar-refractivity contribution in [2.45, 2.75) is 51.7 Å². The van der Waals surface area contributed by atoms with Crippen LogP contribution in [0.2, 0.25) is 0 Å². The summed E-state index contributed by atoms with van der Waals surface area (Å²) in [4.78, 5) is 36.6. The number of piperidine rings is 1. The Labute approximate surface area is 135 Å². The summed E-state index contributed by atoms with van der Waals surface area (Å²) in [6, 6.07) is -1.18. The average Bonchev–Trinajstić information content (AvgIpc) is 2.44. The maximum Gasteiger partial charge on any atom is 0.527 e. The molecule has 0 aliphatic carbocycles. The lowest BCUT2D eigenvalue weighted by atomic mass is 9.87. The molecule has 0 aromatic carbocycles. The van der Waals surface area contributed by atoms with Crippen molar-refractivity contribution in [3.05, 3.63) is 0 Å². The zero-order valence-corrected chi connectivity index (χ0v) is 14.1. The molecule has 132 valence electrons. The Bertz CT molecular complexity index is 471. The van der Waals surface area contributed by atoms with Crippen LogP contribution >= 0.6 is 0 Å². The number of nitrogens with zero attached hydrogens (tertiary/aromatic N) is 1. The van der Waals surface area contributed by atoms with E-state index < -0.39 is 34.3 Å². The summed E-state index contributed by atoms with van der Waals surface area (Å²) in [5, 5.41) is 18.8. The summed E-state index contributed by atoms with van der Waals surface area (Å²) in [6.07, 6.45) is -1.40. The molecule has 1 aliphatic heterocycles. The number of rotatable bonds is 3. The zero-order valence-electron chi connectivity index (χ0n) is 14.1. The first-order valence-corrected chi connectivity index (χ1v) is 7.62. The molecule has 0 radical (unpaired) electrons. The summed E-state index contributed by atoms with van der Waals surface area (Å²) >= 11 is 0. The Kier molecular flexibility index (Phi) is 6.12. The van der Waals surface area contributed by atoms with Crippen LogP contribution in [0, 0.1) is 5.92 Å². The fourth-order valence-electron chi connectivity index (χ4n) is 2.88. The predicted octanol–water partition coefficient (Wildman–Crippen LogP) is 1.75. The first-order valence-electron chi connectivity index (χ1n) is 7.62. The summed E-state index contributed by atoms with van der Waals surface area (Å²) in [5.74, 6) is -0.807. The third-order valence-corrected chi connectivity index (χ3v) is 4.05. The third-order valence-electron chi connectivity index (χ3n) is 4.05. The SMILES string of the molecule is COC(=O)[C@H]1CC(CCO)CC[N@@+]1(C(=O)O)C(=O)OC(C)(C)C. The number of aliphatic hydroxyl groups is 1. The lowest BCUT2D eigenvalue weighted by molar-refractivity contribution is -0.811. The minimum Gasteiger partial charge on any atom is -0.465 e. The number of hydrogen-bond donors (Lipinski definition) is 2. The van der Waals surface area contributed by atoms with E-state index in [0.29, 0.717) is 12.8 Å². The van der Waals surface area contributed by atoms with Crippen molar-refractivity contribution in [3.8, 4) is 0 Å². The van der Waals surface area contributed by atoms with Crippen molar-refractivity contribution in [1.29, 1.82) is 0 Å². The highest BCUT2D eigenvalue weighted by Crippen LogP contribution is 2.34. The number of carbonyl (C=O) groups is 3. The van der Waals surface area contributed by atoms with Gasteiger partial charge in [0, 0.05) is 19.4 Å². The molecule has 2 amide bonds. The summed E-state index contributed by atoms with van der Waals surface area (Å²) in [5.41, 5.74) is -0.875. The van der Waals surface area contributed by atoms with Gasteiger partial charge in [-0.15, -0.1) is 4.48 Å². The van der Waals surface area contributed by atoms with Crippen LogP contribution in [0.4, 0.5) is 9.59 Å². The van der Waals surface area contributed by atoms with Crippen molar-refractivity contribution in [3.63, 3.8) is 0 Å². The number of quaternary nitrogens is 1. The first kappa shape index (κ1) is 19.4. The monoisotopic (exact) mass is 332 g/mol. The van der Waals surface area contributed by atoms with Crippen LogP contribution in [0.1, 0.15) is 40.0 Å². The second-order valence-electron chi connectivity index (χ2n) is 6.80. The van der Waals surface area contributed by atoms with Gasteiger partial charge < -0.3 is 19.7 Å². The molecule has 0 aromatic heterocycles. The number of likely N-dealkylation sites (tertiary alicyclic amines) is 1. The van der Waals surface area contributed by atoms with Gasteiger partial charge in [-0.05, 0) is 33.1 Å². The highest BCUT2D eigenvalue weighted by atomic mass is 16.6. The quantitative estimate of drug-likeness (QED) is 0.598. The van der Waals surface area contributed by atoms with Gasteiger partial charge in [-0.25, -0.2) is 4.79 Å². The molecule has 1 unspecified atom stereocenters. The van der Waals surface area contributed by atoms with Crippen LogP contribution in [-0.4, -0.2) is 64.8 Å². The van der Waals surface area contributed by atoms with Crippen molar-refractivity contribution in [2.75, 3.05) is 20.3 Å². The molecule has 0 saturated carbocycles. The fraction of sp³-hybridized carbons (Fsp3) is 0.800. The van der Waals surface area contributed by atoms with Crippen LogP contribution in [0.15, 0.2) is 0 Å². The van der Waals surface area contributed by atoms with E-state index in [2.05, 4.69) is 0 Å². The fourth-order valence-corrected chi connectivity index (χ4v) is 2.88. The second-order valence-corrected chi connectivity index (χ2v) is 6.80. The van der Waals surface area contributed by atoms with E-state index in [1.54, 1.807) is 20.8 Å². The van der Waals surface area contributed by atoms with Gasteiger partial charge >= 0.3 is 18.2 Å². The topological polar surface area (TPSA) is 110 Å². The average molecular weight is 332 g/mol. The predicted molar refractivity (Wildman–Crippen MR) is 79.6 cm³/mol. The van der Waals surface area contributed by atoms with E-state index in [4.69, 9.17) is 14.6 Å². The van der Waals surface area contributed by atoms with Crippen LogP contribution in [0.5, 0.6) is 0 Å². The van der Waals surface area contributed by atoms with Gasteiger partial charge in [0.2, 0.25) is 6.04 Å². The van der Waals surface area contributed by atoms with Gasteiger partial charge in [0.05, 0.1) is 7.11 Å². The molecule has 0 aromatic rings. The minimum absolute atomic E-state index is 0.0443.